The molecule has 1 saturated heterocycles. The summed E-state index contributed by atoms with van der Waals surface area (Å²) in [6, 6.07) is 0. The van der Waals surface area contributed by atoms with E-state index in [1.165, 1.54) is 12.8 Å². The highest BCUT2D eigenvalue weighted by Crippen LogP contribution is 2.31. The fourth-order valence-corrected chi connectivity index (χ4v) is 3.37. The first-order valence-electron chi connectivity index (χ1n) is 7.54. The van der Waals surface area contributed by atoms with Crippen molar-refractivity contribution in [3.05, 3.63) is 0 Å². The largest absolute Gasteiger partial charge is 0.393 e. The second kappa shape index (κ2) is 6.05. The fourth-order valence-electron chi connectivity index (χ4n) is 3.37. The van der Waals surface area contributed by atoms with E-state index in [4.69, 9.17) is 0 Å². The number of aliphatic hydroxyl groups excluding tert-OH is 1. The molecule has 2 atom stereocenters. The summed E-state index contributed by atoms with van der Waals surface area (Å²) in [5.74, 6) is 1.69. The lowest BCUT2D eigenvalue weighted by atomic mass is 9.81. The molecular weight excluding hydrogens is 226 g/mol. The summed E-state index contributed by atoms with van der Waals surface area (Å²) in [6.07, 6.45) is 6.35. The number of rotatable bonds is 2. The van der Waals surface area contributed by atoms with E-state index < -0.39 is 0 Å². The summed E-state index contributed by atoms with van der Waals surface area (Å²) in [5, 5.41) is 9.68. The predicted molar refractivity (Wildman–Crippen MR) is 72.1 cm³/mol. The first-order chi connectivity index (χ1) is 8.58. The number of carbonyl (C=O) groups is 1. The Morgan fingerprint density at radius 2 is 1.89 bits per heavy atom. The Kier molecular flexibility index (Phi) is 4.66. The standard InChI is InChI=1S/C15H27NO2/c1-11-5-7-13(8-6-11)15(18)16-9-3-4-14(10-16)12(2)17/h11-14,17H,3-10H2,1-2H3. The van der Waals surface area contributed by atoms with Crippen molar-refractivity contribution in [2.45, 2.75) is 58.5 Å². The average molecular weight is 253 g/mol. The summed E-state index contributed by atoms with van der Waals surface area (Å²) in [7, 11) is 0. The highest BCUT2D eigenvalue weighted by atomic mass is 16.3. The van der Waals surface area contributed by atoms with Gasteiger partial charge in [-0.25, -0.2) is 0 Å². The van der Waals surface area contributed by atoms with Crippen molar-refractivity contribution in [2.24, 2.45) is 17.8 Å². The third kappa shape index (κ3) is 3.25. The van der Waals surface area contributed by atoms with Gasteiger partial charge in [-0.3, -0.25) is 4.79 Å². The van der Waals surface area contributed by atoms with Crippen LogP contribution in [-0.4, -0.2) is 35.1 Å². The lowest BCUT2D eigenvalue weighted by Crippen LogP contribution is -2.45. The number of amides is 1. The summed E-state index contributed by atoms with van der Waals surface area (Å²) in [4.78, 5) is 14.5. The van der Waals surface area contributed by atoms with E-state index in [2.05, 4.69) is 6.92 Å². The molecule has 2 unspecified atom stereocenters. The van der Waals surface area contributed by atoms with Crippen LogP contribution in [0.1, 0.15) is 52.4 Å². The van der Waals surface area contributed by atoms with Crippen molar-refractivity contribution < 1.29 is 9.90 Å². The second-order valence-corrected chi connectivity index (χ2v) is 6.38. The number of hydrogen-bond donors (Lipinski definition) is 1. The molecule has 0 bridgehead atoms. The quantitative estimate of drug-likeness (QED) is 0.821. The van der Waals surface area contributed by atoms with Crippen molar-refractivity contribution in [3.8, 4) is 0 Å². The number of likely N-dealkylation sites (tertiary alicyclic amines) is 1. The van der Waals surface area contributed by atoms with E-state index in [1.807, 2.05) is 11.8 Å². The summed E-state index contributed by atoms with van der Waals surface area (Å²) < 4.78 is 0. The van der Waals surface area contributed by atoms with Gasteiger partial charge < -0.3 is 10.0 Å². The van der Waals surface area contributed by atoms with Crippen LogP contribution in [0.3, 0.4) is 0 Å². The molecule has 1 heterocycles. The Balaban J connectivity index is 1.88. The zero-order chi connectivity index (χ0) is 13.1. The van der Waals surface area contributed by atoms with Crippen molar-refractivity contribution in [1.29, 1.82) is 0 Å². The van der Waals surface area contributed by atoms with Crippen LogP contribution in [0.2, 0.25) is 0 Å². The Morgan fingerprint density at radius 1 is 1.22 bits per heavy atom. The molecule has 0 aromatic rings. The number of aliphatic hydroxyl groups is 1. The van der Waals surface area contributed by atoms with E-state index in [0.29, 0.717) is 5.91 Å². The van der Waals surface area contributed by atoms with Gasteiger partial charge in [0.25, 0.3) is 0 Å². The molecule has 0 aromatic carbocycles. The number of carbonyl (C=O) groups excluding carboxylic acids is 1. The molecule has 2 rings (SSSR count). The predicted octanol–water partition coefficient (Wildman–Crippen LogP) is 2.43. The van der Waals surface area contributed by atoms with Crippen LogP contribution in [0.25, 0.3) is 0 Å². The zero-order valence-corrected chi connectivity index (χ0v) is 11.8. The molecule has 1 aliphatic heterocycles. The third-order valence-electron chi connectivity index (χ3n) is 4.82. The normalized spacial score (nSPS) is 35.3. The molecule has 18 heavy (non-hydrogen) atoms. The Bertz CT molecular complexity index is 282. The molecule has 1 amide bonds. The lowest BCUT2D eigenvalue weighted by molar-refractivity contribution is -0.139. The van der Waals surface area contributed by atoms with Gasteiger partial charge in [0.05, 0.1) is 6.10 Å². The highest BCUT2D eigenvalue weighted by Gasteiger charge is 2.32. The molecular formula is C15H27NO2. The molecule has 1 aliphatic carbocycles. The minimum absolute atomic E-state index is 0.258. The average Bonchev–Trinajstić information content (AvgIpc) is 2.39. The maximum absolute atomic E-state index is 12.5. The minimum atomic E-state index is -0.285. The molecule has 0 aromatic heterocycles. The molecule has 0 spiro atoms. The second-order valence-electron chi connectivity index (χ2n) is 6.38. The van der Waals surface area contributed by atoms with E-state index in [0.717, 1.165) is 44.7 Å². The third-order valence-corrected chi connectivity index (χ3v) is 4.82. The molecule has 1 N–H and O–H groups in total. The zero-order valence-electron chi connectivity index (χ0n) is 11.8. The first-order valence-corrected chi connectivity index (χ1v) is 7.54. The van der Waals surface area contributed by atoms with Crippen LogP contribution in [0.5, 0.6) is 0 Å². The maximum Gasteiger partial charge on any atom is 0.225 e. The van der Waals surface area contributed by atoms with Crippen molar-refractivity contribution in [2.75, 3.05) is 13.1 Å². The van der Waals surface area contributed by atoms with Gasteiger partial charge in [0.1, 0.15) is 0 Å². The number of hydrogen-bond acceptors (Lipinski definition) is 2. The smallest absolute Gasteiger partial charge is 0.225 e. The number of piperidine rings is 1. The summed E-state index contributed by atoms with van der Waals surface area (Å²) in [6.45, 7) is 5.79. The molecule has 3 nitrogen and oxygen atoms in total. The van der Waals surface area contributed by atoms with Crippen molar-refractivity contribution in [3.63, 3.8) is 0 Å². The molecule has 1 saturated carbocycles. The van der Waals surface area contributed by atoms with Gasteiger partial charge in [-0.05, 0) is 51.4 Å². The van der Waals surface area contributed by atoms with E-state index >= 15 is 0 Å². The fraction of sp³-hybridized carbons (Fsp3) is 0.933. The van der Waals surface area contributed by atoms with E-state index in [1.54, 1.807) is 0 Å². The van der Waals surface area contributed by atoms with E-state index in [-0.39, 0.29) is 17.9 Å². The number of nitrogens with zero attached hydrogens (tertiary/aromatic N) is 1. The monoisotopic (exact) mass is 253 g/mol. The van der Waals surface area contributed by atoms with Crippen molar-refractivity contribution in [1.82, 2.24) is 4.90 Å². The van der Waals surface area contributed by atoms with Crippen LogP contribution in [0.15, 0.2) is 0 Å². The molecule has 104 valence electrons. The van der Waals surface area contributed by atoms with Gasteiger partial charge in [0.2, 0.25) is 5.91 Å². The van der Waals surface area contributed by atoms with E-state index in [9.17, 15) is 9.90 Å². The van der Waals surface area contributed by atoms with Crippen LogP contribution >= 0.6 is 0 Å². The Morgan fingerprint density at radius 3 is 2.50 bits per heavy atom. The molecule has 2 fully saturated rings. The summed E-state index contributed by atoms with van der Waals surface area (Å²) in [5.41, 5.74) is 0. The van der Waals surface area contributed by atoms with Crippen LogP contribution in [-0.2, 0) is 4.79 Å². The van der Waals surface area contributed by atoms with Gasteiger partial charge in [0, 0.05) is 24.9 Å². The maximum atomic E-state index is 12.5. The van der Waals surface area contributed by atoms with Crippen LogP contribution in [0, 0.1) is 17.8 Å². The van der Waals surface area contributed by atoms with Crippen molar-refractivity contribution >= 4 is 5.91 Å². The summed E-state index contributed by atoms with van der Waals surface area (Å²) >= 11 is 0. The minimum Gasteiger partial charge on any atom is -0.393 e. The highest BCUT2D eigenvalue weighted by molar-refractivity contribution is 5.79. The topological polar surface area (TPSA) is 40.5 Å². The molecule has 2 aliphatic rings. The van der Waals surface area contributed by atoms with Gasteiger partial charge in [-0.2, -0.15) is 0 Å². The first kappa shape index (κ1) is 13.9. The molecule has 3 heteroatoms. The molecule has 0 radical (unpaired) electrons. The lowest BCUT2D eigenvalue weighted by Gasteiger charge is -2.37. The van der Waals surface area contributed by atoms with Crippen LogP contribution < -0.4 is 0 Å². The van der Waals surface area contributed by atoms with Gasteiger partial charge in [-0.1, -0.05) is 6.92 Å². The Hall–Kier alpha value is -0.570. The van der Waals surface area contributed by atoms with Gasteiger partial charge in [-0.15, -0.1) is 0 Å². The SMILES string of the molecule is CC1CCC(C(=O)N2CCCC(C(C)O)C2)CC1. The Labute approximate surface area is 111 Å². The van der Waals surface area contributed by atoms with Gasteiger partial charge >= 0.3 is 0 Å². The van der Waals surface area contributed by atoms with Crippen LogP contribution in [0.4, 0.5) is 0 Å². The van der Waals surface area contributed by atoms with Gasteiger partial charge in [0.15, 0.2) is 0 Å².